The quantitative estimate of drug-likeness (QED) is 0.426. The lowest BCUT2D eigenvalue weighted by molar-refractivity contribution is 0.576. The number of nitrogens with zero attached hydrogens (tertiary/aromatic N) is 3. The van der Waals surface area contributed by atoms with Crippen LogP contribution in [0.4, 0.5) is 0 Å². The summed E-state index contributed by atoms with van der Waals surface area (Å²) in [5.74, 6) is 0. The molecule has 4 rings (SSSR count). The summed E-state index contributed by atoms with van der Waals surface area (Å²) in [6, 6.07) is 17.0. The molecule has 0 saturated heterocycles. The normalized spacial score (nSPS) is 11.6. The fourth-order valence-electron chi connectivity index (χ4n) is 3.07. The first kappa shape index (κ1) is 20.1. The Kier molecular flexibility index (Phi) is 6.08. The van der Waals surface area contributed by atoms with Crippen molar-refractivity contribution in [3.8, 4) is 11.1 Å². The molecule has 152 valence electrons. The van der Waals surface area contributed by atoms with E-state index in [-0.39, 0.29) is 4.90 Å². The molecule has 30 heavy (non-hydrogen) atoms. The van der Waals surface area contributed by atoms with Crippen LogP contribution in [0.25, 0.3) is 22.0 Å². The van der Waals surface area contributed by atoms with E-state index in [4.69, 9.17) is 0 Å². The van der Waals surface area contributed by atoms with Crippen molar-refractivity contribution in [3.05, 3.63) is 85.1 Å². The molecule has 2 aromatic carbocycles. The van der Waals surface area contributed by atoms with E-state index in [1.54, 1.807) is 30.6 Å². The lowest BCUT2D eigenvalue weighted by Gasteiger charge is -2.09. The molecule has 0 atom stereocenters. The third kappa shape index (κ3) is 4.85. The van der Waals surface area contributed by atoms with Crippen molar-refractivity contribution in [1.82, 2.24) is 25.0 Å². The van der Waals surface area contributed by atoms with Gasteiger partial charge >= 0.3 is 0 Å². The molecule has 0 aliphatic rings. The summed E-state index contributed by atoms with van der Waals surface area (Å²) in [6.07, 6.45) is 6.63. The van der Waals surface area contributed by atoms with Crippen molar-refractivity contribution in [2.24, 2.45) is 0 Å². The lowest BCUT2D eigenvalue weighted by Crippen LogP contribution is -2.31. The summed E-state index contributed by atoms with van der Waals surface area (Å²) in [5.41, 5.74) is 4.02. The van der Waals surface area contributed by atoms with Crippen molar-refractivity contribution >= 4 is 20.9 Å². The number of rotatable bonds is 8. The second-order valence-corrected chi connectivity index (χ2v) is 8.52. The van der Waals surface area contributed by atoms with Crippen LogP contribution in [0.1, 0.15) is 5.56 Å². The summed E-state index contributed by atoms with van der Waals surface area (Å²) in [5, 5.41) is 3.94. The first-order valence-electron chi connectivity index (χ1n) is 9.51. The molecule has 0 unspecified atom stereocenters. The first-order valence-corrected chi connectivity index (χ1v) is 11.0. The van der Waals surface area contributed by atoms with Crippen LogP contribution in [0, 0.1) is 0 Å². The highest BCUT2D eigenvalue weighted by Crippen LogP contribution is 2.18. The van der Waals surface area contributed by atoms with Gasteiger partial charge in [0.15, 0.2) is 0 Å². The van der Waals surface area contributed by atoms with Crippen LogP contribution >= 0.6 is 0 Å². The maximum atomic E-state index is 12.5. The molecule has 0 saturated carbocycles. The monoisotopic (exact) mass is 419 g/mol. The number of fused-ring (bicyclic) bond motifs is 1. The number of nitrogens with one attached hydrogen (secondary N) is 2. The van der Waals surface area contributed by atoms with Crippen LogP contribution in [0.5, 0.6) is 0 Å². The largest absolute Gasteiger partial charge is 0.311 e. The van der Waals surface area contributed by atoms with Gasteiger partial charge in [0.1, 0.15) is 6.33 Å². The molecule has 4 aromatic rings. The van der Waals surface area contributed by atoms with Gasteiger partial charge in [0.2, 0.25) is 10.0 Å². The molecule has 0 bridgehead atoms. The molecule has 7 nitrogen and oxygen atoms in total. The molecule has 0 aliphatic carbocycles. The smallest absolute Gasteiger partial charge is 0.240 e. The molecule has 2 N–H and O–H groups in total. The van der Waals surface area contributed by atoms with Crippen molar-refractivity contribution in [3.63, 3.8) is 0 Å². The Morgan fingerprint density at radius 3 is 2.53 bits per heavy atom. The molecular weight excluding hydrogens is 398 g/mol. The minimum Gasteiger partial charge on any atom is -0.311 e. The molecule has 0 aliphatic heterocycles. The van der Waals surface area contributed by atoms with Crippen LogP contribution < -0.4 is 10.0 Å². The number of aromatic nitrogens is 3. The van der Waals surface area contributed by atoms with Crippen LogP contribution in [0.2, 0.25) is 0 Å². The van der Waals surface area contributed by atoms with Crippen LogP contribution in [0.15, 0.2) is 84.4 Å². The number of hydrogen-bond acceptors (Lipinski definition) is 6. The fraction of sp³-hybridized carbons (Fsp3) is 0.136. The molecule has 0 fully saturated rings. The van der Waals surface area contributed by atoms with Gasteiger partial charge in [0.05, 0.1) is 10.4 Å². The highest BCUT2D eigenvalue weighted by molar-refractivity contribution is 7.89. The molecule has 8 heteroatoms. The highest BCUT2D eigenvalue weighted by atomic mass is 32.2. The zero-order valence-electron chi connectivity index (χ0n) is 16.2. The van der Waals surface area contributed by atoms with E-state index in [1.807, 2.05) is 18.3 Å². The van der Waals surface area contributed by atoms with Crippen molar-refractivity contribution in [2.45, 2.75) is 11.4 Å². The maximum absolute atomic E-state index is 12.5. The maximum Gasteiger partial charge on any atom is 0.240 e. The van der Waals surface area contributed by atoms with Crippen LogP contribution in [-0.2, 0) is 16.6 Å². The van der Waals surface area contributed by atoms with Crippen molar-refractivity contribution < 1.29 is 8.42 Å². The standard InChI is InChI=1S/C22H21N5O2S/c28-30(29,21-7-8-22-20(12-21)15-25-16-26-22)27-11-10-24-13-17-3-5-18(6-4-17)19-2-1-9-23-14-19/h1-9,12,14-16,24,27H,10-11,13H2. The second-order valence-electron chi connectivity index (χ2n) is 6.76. The molecule has 0 spiro atoms. The van der Waals surface area contributed by atoms with E-state index in [0.29, 0.717) is 30.5 Å². The lowest BCUT2D eigenvalue weighted by atomic mass is 10.1. The molecule has 2 aromatic heterocycles. The Morgan fingerprint density at radius 1 is 0.867 bits per heavy atom. The van der Waals surface area contributed by atoms with Crippen LogP contribution in [-0.4, -0.2) is 36.5 Å². The Balaban J connectivity index is 1.27. The predicted molar refractivity (Wildman–Crippen MR) is 116 cm³/mol. The summed E-state index contributed by atoms with van der Waals surface area (Å²) < 4.78 is 27.6. The average Bonchev–Trinajstić information content (AvgIpc) is 2.79. The van der Waals surface area contributed by atoms with Gasteiger partial charge in [-0.15, -0.1) is 0 Å². The minimum absolute atomic E-state index is 0.204. The Labute approximate surface area is 175 Å². The summed E-state index contributed by atoms with van der Waals surface area (Å²) >= 11 is 0. The third-order valence-corrected chi connectivity index (χ3v) is 6.12. The van der Waals surface area contributed by atoms with E-state index in [1.165, 1.54) is 6.33 Å². The molecule has 0 radical (unpaired) electrons. The van der Waals surface area contributed by atoms with Gasteiger partial charge in [-0.25, -0.2) is 23.1 Å². The number of benzene rings is 2. The summed E-state index contributed by atoms with van der Waals surface area (Å²) in [6.45, 7) is 1.46. The van der Waals surface area contributed by atoms with E-state index in [0.717, 1.165) is 16.7 Å². The Hall–Kier alpha value is -3.20. The van der Waals surface area contributed by atoms with Gasteiger partial charge in [-0.2, -0.15) is 0 Å². The number of pyridine rings is 1. The first-order chi connectivity index (χ1) is 14.6. The average molecular weight is 420 g/mol. The van der Waals surface area contributed by atoms with E-state index >= 15 is 0 Å². The van der Waals surface area contributed by atoms with E-state index in [9.17, 15) is 8.42 Å². The topological polar surface area (TPSA) is 96.9 Å². The summed E-state index contributed by atoms with van der Waals surface area (Å²) in [7, 11) is -3.58. The Bertz CT molecular complexity index is 1230. The molecule has 0 amide bonds. The van der Waals surface area contributed by atoms with Gasteiger partial charge in [0.25, 0.3) is 0 Å². The third-order valence-electron chi connectivity index (χ3n) is 4.66. The Morgan fingerprint density at radius 2 is 1.73 bits per heavy atom. The number of hydrogen-bond donors (Lipinski definition) is 2. The van der Waals surface area contributed by atoms with Crippen LogP contribution in [0.3, 0.4) is 0 Å². The zero-order valence-corrected chi connectivity index (χ0v) is 17.0. The highest BCUT2D eigenvalue weighted by Gasteiger charge is 2.13. The molecular formula is C22H21N5O2S. The van der Waals surface area contributed by atoms with Gasteiger partial charge in [0, 0.05) is 43.6 Å². The minimum atomic E-state index is -3.58. The van der Waals surface area contributed by atoms with E-state index in [2.05, 4.69) is 49.3 Å². The molecule has 2 heterocycles. The van der Waals surface area contributed by atoms with Crippen molar-refractivity contribution in [1.29, 1.82) is 0 Å². The predicted octanol–water partition coefficient (Wildman–Crippen LogP) is 2.76. The SMILES string of the molecule is O=S(=O)(NCCNCc1ccc(-c2cccnc2)cc1)c1ccc2ncncc2c1. The zero-order chi connectivity index (χ0) is 20.8. The van der Waals surface area contributed by atoms with Gasteiger partial charge in [-0.3, -0.25) is 4.98 Å². The fourth-order valence-corrected chi connectivity index (χ4v) is 4.14. The van der Waals surface area contributed by atoms with E-state index < -0.39 is 10.0 Å². The van der Waals surface area contributed by atoms with Crippen molar-refractivity contribution in [2.75, 3.05) is 13.1 Å². The number of sulfonamides is 1. The second kappa shape index (κ2) is 9.08. The van der Waals surface area contributed by atoms with Gasteiger partial charge in [-0.1, -0.05) is 30.3 Å². The van der Waals surface area contributed by atoms with Gasteiger partial charge in [-0.05, 0) is 41.0 Å². The summed E-state index contributed by atoms with van der Waals surface area (Å²) in [4.78, 5) is 12.4. The van der Waals surface area contributed by atoms with Gasteiger partial charge < -0.3 is 5.32 Å².